The number of rotatable bonds is 3. The van der Waals surface area contributed by atoms with Gasteiger partial charge in [0.15, 0.2) is 0 Å². The Bertz CT molecular complexity index is 684. The van der Waals surface area contributed by atoms with Crippen molar-refractivity contribution >= 4 is 17.6 Å². The molecule has 7 heteroatoms. The summed E-state index contributed by atoms with van der Waals surface area (Å²) in [5.41, 5.74) is -1.96. The van der Waals surface area contributed by atoms with E-state index in [9.17, 15) is 18.0 Å². The van der Waals surface area contributed by atoms with Crippen LogP contribution < -0.4 is 4.74 Å². The molecule has 0 saturated carbocycles. The van der Waals surface area contributed by atoms with E-state index in [4.69, 9.17) is 21.4 Å². The monoisotopic (exact) mass is 330 g/mol. The smallest absolute Gasteiger partial charge is 0.416 e. The molecule has 116 valence electrons. The van der Waals surface area contributed by atoms with E-state index in [-0.39, 0.29) is 10.8 Å². The number of hydrogen-bond donors (Lipinski definition) is 1. The summed E-state index contributed by atoms with van der Waals surface area (Å²) in [5.74, 6) is -0.824. The number of alkyl halides is 3. The van der Waals surface area contributed by atoms with Gasteiger partial charge in [-0.1, -0.05) is 29.8 Å². The second-order valence-corrected chi connectivity index (χ2v) is 4.75. The van der Waals surface area contributed by atoms with Crippen LogP contribution in [0.2, 0.25) is 5.02 Å². The van der Waals surface area contributed by atoms with E-state index in [1.165, 1.54) is 12.1 Å². The number of ether oxygens (including phenoxy) is 1. The molecule has 0 atom stereocenters. The molecule has 0 aliphatic carbocycles. The number of benzene rings is 2. The van der Waals surface area contributed by atoms with Crippen molar-refractivity contribution in [1.29, 1.82) is 0 Å². The number of esters is 1. The molecule has 0 saturated heterocycles. The first-order chi connectivity index (χ1) is 10.3. The summed E-state index contributed by atoms with van der Waals surface area (Å²) in [6.45, 7) is -0.845. The first kappa shape index (κ1) is 16.3. The van der Waals surface area contributed by atoms with Crippen molar-refractivity contribution in [3.63, 3.8) is 0 Å². The van der Waals surface area contributed by atoms with Gasteiger partial charge >= 0.3 is 12.1 Å². The van der Waals surface area contributed by atoms with Crippen molar-refractivity contribution in [2.45, 2.75) is 12.8 Å². The predicted molar refractivity (Wildman–Crippen MR) is 73.8 cm³/mol. The highest BCUT2D eigenvalue weighted by atomic mass is 35.5. The lowest BCUT2D eigenvalue weighted by Gasteiger charge is -2.14. The average Bonchev–Trinajstić information content (AvgIpc) is 2.46. The van der Waals surface area contributed by atoms with Crippen molar-refractivity contribution in [1.82, 2.24) is 0 Å². The molecule has 2 aromatic carbocycles. The molecule has 0 aliphatic rings. The van der Waals surface area contributed by atoms with Gasteiger partial charge < -0.3 is 9.84 Å². The number of aliphatic hydroxyl groups is 1. The van der Waals surface area contributed by atoms with E-state index in [1.807, 2.05) is 0 Å². The lowest BCUT2D eigenvalue weighted by Crippen LogP contribution is -2.15. The summed E-state index contributed by atoms with van der Waals surface area (Å²) >= 11 is 5.81. The van der Waals surface area contributed by atoms with Crippen LogP contribution in [0.1, 0.15) is 21.5 Å². The highest BCUT2D eigenvalue weighted by Crippen LogP contribution is 2.35. The number of hydrogen-bond acceptors (Lipinski definition) is 3. The highest BCUT2D eigenvalue weighted by molar-refractivity contribution is 6.33. The third-order valence-electron chi connectivity index (χ3n) is 2.84. The lowest BCUT2D eigenvalue weighted by atomic mass is 10.0. The fraction of sp³-hybridized carbons (Fsp3) is 0.133. The van der Waals surface area contributed by atoms with E-state index in [1.54, 1.807) is 18.2 Å². The molecule has 0 amide bonds. The Hall–Kier alpha value is -2.05. The molecule has 0 spiro atoms. The Kier molecular flexibility index (Phi) is 4.73. The van der Waals surface area contributed by atoms with Gasteiger partial charge in [0.05, 0.1) is 22.8 Å². The zero-order chi connectivity index (χ0) is 16.3. The molecule has 0 heterocycles. The third kappa shape index (κ3) is 3.58. The van der Waals surface area contributed by atoms with Crippen molar-refractivity contribution in [3.05, 3.63) is 64.2 Å². The van der Waals surface area contributed by atoms with Gasteiger partial charge in [0.25, 0.3) is 0 Å². The zero-order valence-corrected chi connectivity index (χ0v) is 11.8. The number of carbonyl (C=O) groups is 1. The Morgan fingerprint density at radius 3 is 2.36 bits per heavy atom. The summed E-state index contributed by atoms with van der Waals surface area (Å²) in [7, 11) is 0. The first-order valence-electron chi connectivity index (χ1n) is 6.10. The van der Waals surface area contributed by atoms with E-state index >= 15 is 0 Å². The third-order valence-corrected chi connectivity index (χ3v) is 3.16. The quantitative estimate of drug-likeness (QED) is 0.681. The molecular weight excluding hydrogens is 321 g/mol. The van der Waals surface area contributed by atoms with Gasteiger partial charge in [-0.15, -0.1) is 0 Å². The maximum Gasteiger partial charge on any atom is 0.416 e. The molecule has 0 radical (unpaired) electrons. The van der Waals surface area contributed by atoms with Crippen LogP contribution in [0.5, 0.6) is 5.75 Å². The maximum atomic E-state index is 12.9. The normalized spacial score (nSPS) is 11.3. The molecule has 2 aromatic rings. The van der Waals surface area contributed by atoms with Crippen molar-refractivity contribution in [3.8, 4) is 5.75 Å². The van der Waals surface area contributed by atoms with Crippen LogP contribution in [-0.4, -0.2) is 11.1 Å². The molecule has 22 heavy (non-hydrogen) atoms. The molecule has 1 N–H and O–H groups in total. The van der Waals surface area contributed by atoms with Crippen LogP contribution in [0.3, 0.4) is 0 Å². The second-order valence-electron chi connectivity index (χ2n) is 4.35. The Morgan fingerprint density at radius 2 is 1.82 bits per heavy atom. The fourth-order valence-corrected chi connectivity index (χ4v) is 2.08. The van der Waals surface area contributed by atoms with Gasteiger partial charge in [-0.25, -0.2) is 4.79 Å². The van der Waals surface area contributed by atoms with Gasteiger partial charge in [-0.05, 0) is 29.8 Å². The minimum atomic E-state index is -4.72. The zero-order valence-electron chi connectivity index (χ0n) is 11.0. The van der Waals surface area contributed by atoms with E-state index in [0.717, 1.165) is 6.07 Å². The summed E-state index contributed by atoms with van der Waals surface area (Å²) < 4.78 is 43.8. The van der Waals surface area contributed by atoms with Gasteiger partial charge in [-0.3, -0.25) is 0 Å². The van der Waals surface area contributed by atoms with Gasteiger partial charge in [-0.2, -0.15) is 13.2 Å². The second kappa shape index (κ2) is 6.37. The molecular formula is C15H10ClF3O3. The van der Waals surface area contributed by atoms with Gasteiger partial charge in [0.1, 0.15) is 5.75 Å². The summed E-state index contributed by atoms with van der Waals surface area (Å²) in [5, 5.41) is 8.77. The fourth-order valence-electron chi connectivity index (χ4n) is 1.82. The largest absolute Gasteiger partial charge is 0.423 e. The van der Waals surface area contributed by atoms with Gasteiger partial charge in [0.2, 0.25) is 0 Å². The average molecular weight is 331 g/mol. The predicted octanol–water partition coefficient (Wildman–Crippen LogP) is 4.07. The van der Waals surface area contributed by atoms with Crippen molar-refractivity contribution in [2.24, 2.45) is 0 Å². The lowest BCUT2D eigenvalue weighted by molar-refractivity contribution is -0.138. The van der Waals surface area contributed by atoms with Crippen LogP contribution >= 0.6 is 11.6 Å². The van der Waals surface area contributed by atoms with Crippen LogP contribution in [0.4, 0.5) is 13.2 Å². The molecule has 0 fully saturated rings. The van der Waals surface area contributed by atoms with E-state index < -0.39 is 35.4 Å². The molecule has 0 aliphatic heterocycles. The number of carbonyl (C=O) groups excluding carboxylic acids is 1. The van der Waals surface area contributed by atoms with E-state index in [2.05, 4.69) is 0 Å². The Morgan fingerprint density at radius 1 is 1.18 bits per heavy atom. The molecule has 2 rings (SSSR count). The number of aliphatic hydroxyl groups excluding tert-OH is 1. The molecule has 0 bridgehead atoms. The molecule has 0 unspecified atom stereocenters. The van der Waals surface area contributed by atoms with Crippen molar-refractivity contribution < 1.29 is 27.8 Å². The standard InChI is InChI=1S/C15H10ClF3O3/c16-13-6-9(8-20)12(15(17,18)19)7-11(13)14(21)22-10-4-2-1-3-5-10/h1-7,20H,8H2. The van der Waals surface area contributed by atoms with Crippen LogP contribution in [0.15, 0.2) is 42.5 Å². The minimum absolute atomic E-state index is 0.184. The molecule has 0 aromatic heterocycles. The first-order valence-corrected chi connectivity index (χ1v) is 6.48. The minimum Gasteiger partial charge on any atom is -0.423 e. The van der Waals surface area contributed by atoms with Crippen LogP contribution in [0.25, 0.3) is 0 Å². The van der Waals surface area contributed by atoms with Gasteiger partial charge in [0, 0.05) is 0 Å². The highest BCUT2D eigenvalue weighted by Gasteiger charge is 2.35. The number of halogens is 4. The van der Waals surface area contributed by atoms with Crippen molar-refractivity contribution in [2.75, 3.05) is 0 Å². The summed E-state index contributed by atoms with van der Waals surface area (Å²) in [6, 6.07) is 9.38. The molecule has 3 nitrogen and oxygen atoms in total. The SMILES string of the molecule is O=C(Oc1ccccc1)c1cc(C(F)(F)F)c(CO)cc1Cl. The number of para-hydroxylation sites is 1. The van der Waals surface area contributed by atoms with Crippen LogP contribution in [0, 0.1) is 0 Å². The van der Waals surface area contributed by atoms with Crippen LogP contribution in [-0.2, 0) is 12.8 Å². The summed E-state index contributed by atoms with van der Waals surface area (Å²) in [6.07, 6.45) is -4.72. The van der Waals surface area contributed by atoms with E-state index in [0.29, 0.717) is 6.07 Å². The Labute approximate surface area is 128 Å². The topological polar surface area (TPSA) is 46.5 Å². The summed E-state index contributed by atoms with van der Waals surface area (Å²) in [4.78, 5) is 12.0. The maximum absolute atomic E-state index is 12.9. The Balaban J connectivity index is 2.40.